The van der Waals surface area contributed by atoms with E-state index in [-0.39, 0.29) is 0 Å². The molecule has 1 atom stereocenters. The molecule has 1 unspecified atom stereocenters. The summed E-state index contributed by atoms with van der Waals surface area (Å²) in [5, 5.41) is 0. The van der Waals surface area contributed by atoms with Crippen LogP contribution in [0.15, 0.2) is 53.4 Å². The second-order valence-corrected chi connectivity index (χ2v) is 9.68. The Kier molecular flexibility index (Phi) is 7.63. The summed E-state index contributed by atoms with van der Waals surface area (Å²) < 4.78 is 18.3. The molecule has 0 spiro atoms. The van der Waals surface area contributed by atoms with Crippen LogP contribution in [0.4, 0.5) is 0 Å². The lowest BCUT2D eigenvalue weighted by molar-refractivity contribution is 0.297. The number of nitrogens with zero attached hydrogens (tertiary/aromatic N) is 1. The van der Waals surface area contributed by atoms with E-state index in [9.17, 15) is 4.21 Å². The number of hydrogen-bond acceptors (Lipinski definition) is 4. The molecule has 2 aromatic carbocycles. The number of nitrogens with two attached hydrogens (primary N) is 1. The van der Waals surface area contributed by atoms with Gasteiger partial charge in [0, 0.05) is 29.8 Å². The Morgan fingerprint density at radius 2 is 1.71 bits per heavy atom. The quantitative estimate of drug-likeness (QED) is 0.518. The highest BCUT2D eigenvalue weighted by molar-refractivity contribution is 7.84. The van der Waals surface area contributed by atoms with Gasteiger partial charge < -0.3 is 10.5 Å². The van der Waals surface area contributed by atoms with Crippen LogP contribution < -0.4 is 10.5 Å². The molecule has 0 radical (unpaired) electrons. The number of pyridine rings is 1. The zero-order valence-electron chi connectivity index (χ0n) is 19.1. The van der Waals surface area contributed by atoms with E-state index >= 15 is 0 Å². The highest BCUT2D eigenvalue weighted by atomic mass is 32.2. The van der Waals surface area contributed by atoms with Crippen LogP contribution in [0.1, 0.15) is 41.9 Å². The molecule has 3 rings (SSSR count). The minimum atomic E-state index is -1.12. The van der Waals surface area contributed by atoms with Gasteiger partial charge in [0.05, 0.1) is 15.7 Å². The molecule has 0 amide bonds. The van der Waals surface area contributed by atoms with Crippen LogP contribution in [0.25, 0.3) is 11.1 Å². The Bertz CT molecular complexity index is 1080. The number of aryl methyl sites for hydroxylation is 2. The summed E-state index contributed by atoms with van der Waals surface area (Å²) in [4.78, 5) is 5.63. The summed E-state index contributed by atoms with van der Waals surface area (Å²) in [5.41, 5.74) is 13.8. The van der Waals surface area contributed by atoms with E-state index in [0.29, 0.717) is 29.7 Å². The SMILES string of the molecule is Cc1ccc(-c2c(COc3ccccc3S(C)=O)c(C)nc(CC(C)C)c2CN)cc1. The fourth-order valence-corrected chi connectivity index (χ4v) is 4.50. The van der Waals surface area contributed by atoms with Gasteiger partial charge in [0.1, 0.15) is 12.4 Å². The van der Waals surface area contributed by atoms with Gasteiger partial charge in [-0.15, -0.1) is 0 Å². The van der Waals surface area contributed by atoms with Crippen molar-refractivity contribution in [3.8, 4) is 16.9 Å². The van der Waals surface area contributed by atoms with Crippen molar-refractivity contribution in [2.45, 2.75) is 52.2 Å². The zero-order chi connectivity index (χ0) is 22.5. The van der Waals surface area contributed by atoms with Crippen molar-refractivity contribution >= 4 is 10.8 Å². The first-order chi connectivity index (χ1) is 14.8. The van der Waals surface area contributed by atoms with E-state index in [2.05, 4.69) is 45.0 Å². The van der Waals surface area contributed by atoms with Crippen LogP contribution in [-0.2, 0) is 30.4 Å². The van der Waals surface area contributed by atoms with E-state index in [1.807, 2.05) is 31.2 Å². The molecule has 1 heterocycles. The Hall–Kier alpha value is -2.50. The highest BCUT2D eigenvalue weighted by Gasteiger charge is 2.20. The van der Waals surface area contributed by atoms with Gasteiger partial charge in [0.25, 0.3) is 0 Å². The van der Waals surface area contributed by atoms with Gasteiger partial charge in [-0.1, -0.05) is 55.8 Å². The molecule has 0 saturated heterocycles. The number of aromatic nitrogens is 1. The van der Waals surface area contributed by atoms with Crippen molar-refractivity contribution in [1.82, 2.24) is 4.98 Å². The number of ether oxygens (including phenoxy) is 1. The van der Waals surface area contributed by atoms with Gasteiger partial charge >= 0.3 is 0 Å². The molecule has 164 valence electrons. The fourth-order valence-electron chi connectivity index (χ4n) is 3.82. The van der Waals surface area contributed by atoms with Crippen molar-refractivity contribution in [2.75, 3.05) is 6.26 Å². The first-order valence-electron chi connectivity index (χ1n) is 10.6. The second-order valence-electron chi connectivity index (χ2n) is 8.33. The molecule has 0 aliphatic rings. The predicted octanol–water partition coefficient (Wildman–Crippen LogP) is 5.34. The van der Waals surface area contributed by atoms with E-state index in [1.54, 1.807) is 6.26 Å². The molecule has 31 heavy (non-hydrogen) atoms. The van der Waals surface area contributed by atoms with Crippen molar-refractivity contribution in [3.63, 3.8) is 0 Å². The predicted molar refractivity (Wildman–Crippen MR) is 129 cm³/mol. The Labute approximate surface area is 188 Å². The van der Waals surface area contributed by atoms with Crippen LogP contribution in [0, 0.1) is 19.8 Å². The lowest BCUT2D eigenvalue weighted by Crippen LogP contribution is -2.14. The summed E-state index contributed by atoms with van der Waals surface area (Å²) in [5.74, 6) is 1.12. The normalized spacial score (nSPS) is 12.2. The third kappa shape index (κ3) is 5.41. The second kappa shape index (κ2) is 10.2. The first-order valence-corrected chi connectivity index (χ1v) is 12.2. The van der Waals surface area contributed by atoms with Gasteiger partial charge in [0.2, 0.25) is 0 Å². The molecular weight excluding hydrogens is 404 g/mol. The van der Waals surface area contributed by atoms with Gasteiger partial charge in [-0.25, -0.2) is 0 Å². The summed E-state index contributed by atoms with van der Waals surface area (Å²) in [6.07, 6.45) is 2.55. The van der Waals surface area contributed by atoms with Gasteiger partial charge in [-0.3, -0.25) is 9.19 Å². The van der Waals surface area contributed by atoms with Gasteiger partial charge in [-0.2, -0.15) is 0 Å². The third-order valence-corrected chi connectivity index (χ3v) is 6.32. The lowest BCUT2D eigenvalue weighted by atomic mass is 9.90. The van der Waals surface area contributed by atoms with Crippen LogP contribution in [-0.4, -0.2) is 15.4 Å². The minimum Gasteiger partial charge on any atom is -0.488 e. The van der Waals surface area contributed by atoms with E-state index in [1.165, 1.54) is 5.56 Å². The lowest BCUT2D eigenvalue weighted by Gasteiger charge is -2.21. The monoisotopic (exact) mass is 436 g/mol. The maximum absolute atomic E-state index is 12.1. The summed E-state index contributed by atoms with van der Waals surface area (Å²) in [6.45, 7) is 9.27. The zero-order valence-corrected chi connectivity index (χ0v) is 19.9. The largest absolute Gasteiger partial charge is 0.488 e. The maximum atomic E-state index is 12.1. The summed E-state index contributed by atoms with van der Waals surface area (Å²) in [6, 6.07) is 16.0. The van der Waals surface area contributed by atoms with Gasteiger partial charge in [0.15, 0.2) is 0 Å². The van der Waals surface area contributed by atoms with E-state index < -0.39 is 10.8 Å². The fraction of sp³-hybridized carbons (Fsp3) is 0.346. The van der Waals surface area contributed by atoms with Crippen LogP contribution in [0.3, 0.4) is 0 Å². The Morgan fingerprint density at radius 3 is 2.32 bits per heavy atom. The van der Waals surface area contributed by atoms with Crippen molar-refractivity contribution in [1.29, 1.82) is 0 Å². The van der Waals surface area contributed by atoms with Crippen molar-refractivity contribution in [2.24, 2.45) is 11.7 Å². The number of para-hydroxylation sites is 1. The molecule has 0 bridgehead atoms. The molecule has 0 aliphatic carbocycles. The summed E-state index contributed by atoms with van der Waals surface area (Å²) >= 11 is 0. The number of rotatable bonds is 8. The van der Waals surface area contributed by atoms with Gasteiger partial charge in [-0.05, 0) is 55.0 Å². The molecule has 0 aliphatic heterocycles. The molecule has 2 N–H and O–H groups in total. The summed E-state index contributed by atoms with van der Waals surface area (Å²) in [7, 11) is -1.12. The smallest absolute Gasteiger partial charge is 0.135 e. The molecule has 0 saturated carbocycles. The van der Waals surface area contributed by atoms with E-state index in [4.69, 9.17) is 15.5 Å². The first kappa shape index (κ1) is 23.2. The molecule has 4 nitrogen and oxygen atoms in total. The highest BCUT2D eigenvalue weighted by Crippen LogP contribution is 2.34. The third-order valence-electron chi connectivity index (χ3n) is 5.37. The van der Waals surface area contributed by atoms with E-state index in [0.717, 1.165) is 40.1 Å². The number of benzene rings is 2. The molecular formula is C26H32N2O2S. The van der Waals surface area contributed by atoms with Crippen molar-refractivity contribution < 1.29 is 8.95 Å². The molecule has 5 heteroatoms. The molecule has 3 aromatic rings. The van der Waals surface area contributed by atoms with Crippen LogP contribution in [0.2, 0.25) is 0 Å². The van der Waals surface area contributed by atoms with Crippen LogP contribution in [0.5, 0.6) is 5.75 Å². The topological polar surface area (TPSA) is 65.2 Å². The average molecular weight is 437 g/mol. The standard InChI is InChI=1S/C26H32N2O2S/c1-17(2)14-23-21(15-27)26(20-12-10-18(3)11-13-20)22(19(4)28-23)16-30-24-8-6-7-9-25(24)31(5)29/h6-13,17H,14-16,27H2,1-5H3. The molecule has 0 fully saturated rings. The Balaban J connectivity index is 2.12. The number of hydrogen-bond donors (Lipinski definition) is 1. The Morgan fingerprint density at radius 1 is 1.03 bits per heavy atom. The minimum absolute atomic E-state index is 0.339. The maximum Gasteiger partial charge on any atom is 0.135 e. The van der Waals surface area contributed by atoms with Crippen LogP contribution >= 0.6 is 0 Å². The average Bonchev–Trinajstić information content (AvgIpc) is 2.73. The molecule has 1 aromatic heterocycles. The van der Waals surface area contributed by atoms with Crippen molar-refractivity contribution in [3.05, 3.63) is 76.6 Å².